The van der Waals surface area contributed by atoms with Crippen LogP contribution < -0.4 is 5.73 Å². The second kappa shape index (κ2) is 8.25. The van der Waals surface area contributed by atoms with E-state index in [9.17, 15) is 14.7 Å². The Morgan fingerprint density at radius 2 is 2.00 bits per heavy atom. The zero-order chi connectivity index (χ0) is 15.1. The summed E-state index contributed by atoms with van der Waals surface area (Å²) in [5.74, 6) is 0.0557. The number of piperidine rings is 1. The minimum absolute atomic E-state index is 0.0141. The van der Waals surface area contributed by atoms with E-state index in [0.717, 1.165) is 25.7 Å². The molecular weight excluding hydrogens is 256 g/mol. The predicted molar refractivity (Wildman–Crippen MR) is 78.2 cm³/mol. The Morgan fingerprint density at radius 1 is 1.30 bits per heavy atom. The van der Waals surface area contributed by atoms with E-state index in [1.165, 1.54) is 0 Å². The Labute approximate surface area is 121 Å². The topological polar surface area (TPSA) is 83.6 Å². The highest BCUT2D eigenvalue weighted by molar-refractivity contribution is 5.83. The largest absolute Gasteiger partial charge is 0.480 e. The molecular formula is C15H28N2O3. The van der Waals surface area contributed by atoms with Crippen molar-refractivity contribution in [2.75, 3.05) is 13.1 Å². The van der Waals surface area contributed by atoms with Crippen LogP contribution in [0.5, 0.6) is 0 Å². The third-order valence-corrected chi connectivity index (χ3v) is 4.32. The van der Waals surface area contributed by atoms with Crippen LogP contribution in [0.15, 0.2) is 0 Å². The lowest BCUT2D eigenvalue weighted by Gasteiger charge is -2.33. The van der Waals surface area contributed by atoms with E-state index in [1.54, 1.807) is 4.90 Å². The molecule has 116 valence electrons. The van der Waals surface area contributed by atoms with Crippen molar-refractivity contribution in [1.29, 1.82) is 0 Å². The lowest BCUT2D eigenvalue weighted by atomic mass is 9.88. The van der Waals surface area contributed by atoms with Gasteiger partial charge in [0.25, 0.3) is 0 Å². The van der Waals surface area contributed by atoms with Crippen LogP contribution >= 0.6 is 0 Å². The highest BCUT2D eigenvalue weighted by Gasteiger charge is 2.31. The molecule has 3 N–H and O–H groups in total. The Balaban J connectivity index is 2.53. The number of likely N-dealkylation sites (tertiary alicyclic amines) is 1. The zero-order valence-electron chi connectivity index (χ0n) is 12.7. The van der Waals surface area contributed by atoms with Gasteiger partial charge >= 0.3 is 5.97 Å². The van der Waals surface area contributed by atoms with Gasteiger partial charge in [-0.05, 0) is 50.5 Å². The third kappa shape index (κ3) is 4.78. The predicted octanol–water partition coefficient (Wildman–Crippen LogP) is 1.85. The normalized spacial score (nSPS) is 21.0. The van der Waals surface area contributed by atoms with Gasteiger partial charge in [-0.3, -0.25) is 4.79 Å². The summed E-state index contributed by atoms with van der Waals surface area (Å²) in [5.41, 5.74) is 5.61. The van der Waals surface area contributed by atoms with Crippen LogP contribution in [-0.4, -0.2) is 41.0 Å². The monoisotopic (exact) mass is 284 g/mol. The maximum atomic E-state index is 12.3. The Kier molecular flexibility index (Phi) is 6.99. The van der Waals surface area contributed by atoms with E-state index in [-0.39, 0.29) is 5.91 Å². The molecule has 0 aromatic heterocycles. The Morgan fingerprint density at radius 3 is 2.55 bits per heavy atom. The summed E-state index contributed by atoms with van der Waals surface area (Å²) < 4.78 is 0. The Bertz CT molecular complexity index is 331. The van der Waals surface area contributed by atoms with Gasteiger partial charge in [0, 0.05) is 13.0 Å². The molecule has 2 unspecified atom stereocenters. The number of carboxylic acid groups (broad SMARTS) is 1. The molecule has 2 atom stereocenters. The standard InChI is InChI=1S/C15H28N2O3/c1-11(2)12(8-9-16)6-7-14(18)17-10-4-3-5-13(17)15(19)20/h11-13H,3-10,16H2,1-2H3,(H,19,20). The van der Waals surface area contributed by atoms with Crippen LogP contribution in [0.2, 0.25) is 0 Å². The van der Waals surface area contributed by atoms with Crippen molar-refractivity contribution < 1.29 is 14.7 Å². The van der Waals surface area contributed by atoms with Gasteiger partial charge in [-0.15, -0.1) is 0 Å². The molecule has 0 aliphatic carbocycles. The van der Waals surface area contributed by atoms with E-state index in [4.69, 9.17) is 5.73 Å². The molecule has 1 aliphatic heterocycles. The smallest absolute Gasteiger partial charge is 0.326 e. The average Bonchev–Trinajstić information content (AvgIpc) is 2.42. The minimum atomic E-state index is -0.875. The van der Waals surface area contributed by atoms with Crippen LogP contribution in [0.1, 0.15) is 52.4 Å². The lowest BCUT2D eigenvalue weighted by Crippen LogP contribution is -2.48. The maximum Gasteiger partial charge on any atom is 0.326 e. The van der Waals surface area contributed by atoms with Crippen LogP contribution in [0.3, 0.4) is 0 Å². The summed E-state index contributed by atoms with van der Waals surface area (Å²) in [6, 6.07) is -0.622. The van der Waals surface area contributed by atoms with Crippen molar-refractivity contribution in [3.8, 4) is 0 Å². The van der Waals surface area contributed by atoms with Crippen molar-refractivity contribution in [2.24, 2.45) is 17.6 Å². The molecule has 1 amide bonds. The average molecular weight is 284 g/mol. The SMILES string of the molecule is CC(C)C(CCN)CCC(=O)N1CCCCC1C(=O)O. The van der Waals surface area contributed by atoms with Crippen molar-refractivity contribution >= 4 is 11.9 Å². The van der Waals surface area contributed by atoms with Crippen molar-refractivity contribution in [2.45, 2.75) is 58.4 Å². The van der Waals surface area contributed by atoms with Gasteiger partial charge in [0.05, 0.1) is 0 Å². The first-order valence-electron chi connectivity index (χ1n) is 7.69. The number of carbonyl (C=O) groups is 2. The number of hydrogen-bond acceptors (Lipinski definition) is 3. The zero-order valence-corrected chi connectivity index (χ0v) is 12.7. The first kappa shape index (κ1) is 17.0. The summed E-state index contributed by atoms with van der Waals surface area (Å²) in [7, 11) is 0. The highest BCUT2D eigenvalue weighted by Crippen LogP contribution is 2.23. The van der Waals surface area contributed by atoms with E-state index in [2.05, 4.69) is 13.8 Å². The van der Waals surface area contributed by atoms with Crippen molar-refractivity contribution in [3.05, 3.63) is 0 Å². The fraction of sp³-hybridized carbons (Fsp3) is 0.867. The summed E-state index contributed by atoms with van der Waals surface area (Å²) in [6.07, 6.45) is 4.54. The van der Waals surface area contributed by atoms with Gasteiger partial charge < -0.3 is 15.7 Å². The molecule has 1 fully saturated rings. The number of carbonyl (C=O) groups excluding carboxylic acids is 1. The number of nitrogens with two attached hydrogens (primary N) is 1. The molecule has 1 saturated heterocycles. The van der Waals surface area contributed by atoms with Gasteiger partial charge in [0.2, 0.25) is 5.91 Å². The molecule has 1 aliphatic rings. The second-order valence-corrected chi connectivity index (χ2v) is 6.06. The summed E-state index contributed by atoms with van der Waals surface area (Å²) in [5, 5.41) is 9.20. The van der Waals surface area contributed by atoms with E-state index in [0.29, 0.717) is 37.8 Å². The van der Waals surface area contributed by atoms with Gasteiger partial charge in [-0.25, -0.2) is 4.79 Å². The fourth-order valence-electron chi connectivity index (χ4n) is 2.96. The number of carboxylic acids is 1. The van der Waals surface area contributed by atoms with Gasteiger partial charge in [-0.1, -0.05) is 13.8 Å². The molecule has 0 bridgehead atoms. The molecule has 0 radical (unpaired) electrons. The van der Waals surface area contributed by atoms with Gasteiger partial charge in [0.15, 0.2) is 0 Å². The fourth-order valence-corrected chi connectivity index (χ4v) is 2.96. The summed E-state index contributed by atoms with van der Waals surface area (Å²) in [6.45, 7) is 5.51. The van der Waals surface area contributed by atoms with Crippen LogP contribution in [0, 0.1) is 11.8 Å². The molecule has 0 aromatic rings. The van der Waals surface area contributed by atoms with E-state index >= 15 is 0 Å². The molecule has 5 nitrogen and oxygen atoms in total. The highest BCUT2D eigenvalue weighted by atomic mass is 16.4. The first-order valence-corrected chi connectivity index (χ1v) is 7.69. The molecule has 1 heterocycles. The molecule has 0 spiro atoms. The third-order valence-electron chi connectivity index (χ3n) is 4.32. The van der Waals surface area contributed by atoms with Gasteiger partial charge in [0.1, 0.15) is 6.04 Å². The first-order chi connectivity index (χ1) is 9.47. The maximum absolute atomic E-state index is 12.3. The Hall–Kier alpha value is -1.10. The van der Waals surface area contributed by atoms with Gasteiger partial charge in [-0.2, -0.15) is 0 Å². The van der Waals surface area contributed by atoms with Crippen LogP contribution in [-0.2, 0) is 9.59 Å². The summed E-state index contributed by atoms with van der Waals surface area (Å²) in [4.78, 5) is 25.0. The number of hydrogen-bond donors (Lipinski definition) is 2. The molecule has 0 saturated carbocycles. The molecule has 1 rings (SSSR count). The number of aliphatic carboxylic acids is 1. The minimum Gasteiger partial charge on any atom is -0.480 e. The van der Waals surface area contributed by atoms with Crippen molar-refractivity contribution in [1.82, 2.24) is 4.90 Å². The van der Waals surface area contributed by atoms with Crippen molar-refractivity contribution in [3.63, 3.8) is 0 Å². The quantitative estimate of drug-likeness (QED) is 0.747. The summed E-state index contributed by atoms with van der Waals surface area (Å²) >= 11 is 0. The van der Waals surface area contributed by atoms with E-state index < -0.39 is 12.0 Å². The van der Waals surface area contributed by atoms with Crippen LogP contribution in [0.4, 0.5) is 0 Å². The van der Waals surface area contributed by atoms with E-state index in [1.807, 2.05) is 0 Å². The second-order valence-electron chi connectivity index (χ2n) is 6.06. The lowest BCUT2D eigenvalue weighted by molar-refractivity contribution is -0.152. The molecule has 5 heteroatoms. The van der Waals surface area contributed by atoms with Crippen LogP contribution in [0.25, 0.3) is 0 Å². The number of rotatable bonds is 7. The number of nitrogens with zero attached hydrogens (tertiary/aromatic N) is 1. The number of amides is 1. The molecule has 0 aromatic carbocycles. The molecule has 20 heavy (non-hydrogen) atoms.